The average molecular weight is 443 g/mol. The number of carbonyl (C=O) groups is 2. The maximum Gasteiger partial charge on any atom is 0.334 e. The van der Waals surface area contributed by atoms with E-state index in [0.29, 0.717) is 24.5 Å². The summed E-state index contributed by atoms with van der Waals surface area (Å²) in [6.45, 7) is 0. The Morgan fingerprint density at radius 2 is 2.00 bits per heavy atom. The van der Waals surface area contributed by atoms with Gasteiger partial charge in [0.25, 0.3) is 0 Å². The molecule has 0 saturated heterocycles. The van der Waals surface area contributed by atoms with Crippen molar-refractivity contribution in [2.45, 2.75) is 95.7 Å². The third kappa shape index (κ3) is 7.06. The van der Waals surface area contributed by atoms with Gasteiger partial charge in [0.15, 0.2) is 6.10 Å². The number of alkyl halides is 1. The van der Waals surface area contributed by atoms with E-state index in [-0.39, 0.29) is 17.3 Å². The smallest absolute Gasteiger partial charge is 0.334 e. The van der Waals surface area contributed by atoms with Gasteiger partial charge in [-0.15, -0.1) is 11.6 Å². The van der Waals surface area contributed by atoms with Gasteiger partial charge < -0.3 is 14.9 Å². The molecule has 30 heavy (non-hydrogen) atoms. The van der Waals surface area contributed by atoms with E-state index in [0.717, 1.165) is 64.2 Å². The number of hydrogen-bond donors (Lipinski definition) is 2. The molecule has 1 unspecified atom stereocenters. The first kappa shape index (κ1) is 25.4. The summed E-state index contributed by atoms with van der Waals surface area (Å²) in [6.07, 6.45) is 14.2. The van der Waals surface area contributed by atoms with Gasteiger partial charge >= 0.3 is 5.97 Å². The Hall–Kier alpha value is -0.910. The molecule has 2 N–H and O–H groups in total. The Kier molecular flexibility index (Phi) is 10.8. The van der Waals surface area contributed by atoms with E-state index < -0.39 is 18.2 Å². The molecule has 2 fully saturated rings. The molecule has 172 valence electrons. The number of unbranched alkanes of at least 4 members (excludes halogenated alkanes) is 3. The van der Waals surface area contributed by atoms with Crippen LogP contribution in [0.1, 0.15) is 83.5 Å². The molecular weight excluding hydrogens is 404 g/mol. The molecule has 6 heteroatoms. The van der Waals surface area contributed by atoms with Crippen molar-refractivity contribution in [3.8, 4) is 0 Å². The second-order valence-corrected chi connectivity index (χ2v) is 9.52. The molecule has 4 atom stereocenters. The Labute approximate surface area is 186 Å². The maximum absolute atomic E-state index is 12.4. The van der Waals surface area contributed by atoms with Crippen molar-refractivity contribution in [3.63, 3.8) is 0 Å². The van der Waals surface area contributed by atoms with Gasteiger partial charge in [-0.25, -0.2) is 4.79 Å². The second kappa shape index (κ2) is 12.8. The van der Waals surface area contributed by atoms with Gasteiger partial charge in [-0.3, -0.25) is 4.79 Å². The van der Waals surface area contributed by atoms with Crippen LogP contribution in [0, 0.1) is 17.3 Å². The van der Waals surface area contributed by atoms with Crippen molar-refractivity contribution < 1.29 is 24.5 Å². The van der Waals surface area contributed by atoms with Crippen LogP contribution in [0.15, 0.2) is 12.2 Å². The zero-order chi connectivity index (χ0) is 22.0. The molecule has 2 rings (SSSR count). The fraction of sp³-hybridized carbons (Fsp3) is 0.833. The number of rotatable bonds is 14. The predicted molar refractivity (Wildman–Crippen MR) is 118 cm³/mol. The standard InChI is InChI=1S/C24H39ClO5/c1-30-23(29)21(27)9-4-2-3-8-19-18(10-12-20(19)26)11-13-22(28)24(15-7-16-24)14-5-6-17-25/h11,13,18-19,21-22,27-28H,2-10,12,14-17H2,1H3/t18-,19-,21?,22-/m1/s1. The monoisotopic (exact) mass is 442 g/mol. The lowest BCUT2D eigenvalue weighted by Crippen LogP contribution is -2.40. The molecule has 0 bridgehead atoms. The Bertz CT molecular complexity index is 572. The minimum absolute atomic E-state index is 0.0150. The molecule has 0 radical (unpaired) electrons. The van der Waals surface area contributed by atoms with Gasteiger partial charge in [0.2, 0.25) is 0 Å². The summed E-state index contributed by atoms with van der Waals surface area (Å²) in [5.74, 6) is 0.668. The van der Waals surface area contributed by atoms with Gasteiger partial charge in [-0.1, -0.05) is 44.3 Å². The van der Waals surface area contributed by atoms with Crippen molar-refractivity contribution in [2.24, 2.45) is 17.3 Å². The third-order valence-corrected chi connectivity index (χ3v) is 7.46. The van der Waals surface area contributed by atoms with Crippen molar-refractivity contribution in [1.29, 1.82) is 0 Å². The van der Waals surface area contributed by atoms with Crippen LogP contribution in [0.5, 0.6) is 0 Å². The van der Waals surface area contributed by atoms with Crippen LogP contribution in [0.2, 0.25) is 0 Å². The minimum atomic E-state index is -1.05. The topological polar surface area (TPSA) is 83.8 Å². The molecule has 5 nitrogen and oxygen atoms in total. The lowest BCUT2D eigenvalue weighted by atomic mass is 9.62. The van der Waals surface area contributed by atoms with Crippen molar-refractivity contribution in [2.75, 3.05) is 13.0 Å². The van der Waals surface area contributed by atoms with Crippen LogP contribution in [-0.4, -0.2) is 47.2 Å². The molecule has 0 amide bonds. The number of aliphatic hydroxyl groups excluding tert-OH is 2. The van der Waals surface area contributed by atoms with E-state index in [9.17, 15) is 19.8 Å². The fourth-order valence-corrected chi connectivity index (χ4v) is 5.21. The van der Waals surface area contributed by atoms with E-state index in [2.05, 4.69) is 10.8 Å². The van der Waals surface area contributed by atoms with Crippen LogP contribution in [0.3, 0.4) is 0 Å². The number of aliphatic hydroxyl groups is 2. The Balaban J connectivity index is 1.77. The van der Waals surface area contributed by atoms with Crippen LogP contribution in [0.4, 0.5) is 0 Å². The highest BCUT2D eigenvalue weighted by molar-refractivity contribution is 6.17. The quantitative estimate of drug-likeness (QED) is 0.178. The number of methoxy groups -OCH3 is 1. The highest BCUT2D eigenvalue weighted by atomic mass is 35.5. The van der Waals surface area contributed by atoms with Gasteiger partial charge in [-0.2, -0.15) is 0 Å². The number of halogens is 1. The van der Waals surface area contributed by atoms with Gasteiger partial charge in [-0.05, 0) is 56.3 Å². The largest absolute Gasteiger partial charge is 0.467 e. The van der Waals surface area contributed by atoms with Crippen LogP contribution < -0.4 is 0 Å². The zero-order valence-electron chi connectivity index (χ0n) is 18.4. The zero-order valence-corrected chi connectivity index (χ0v) is 19.1. The Morgan fingerprint density at radius 1 is 1.23 bits per heavy atom. The fourth-order valence-electron chi connectivity index (χ4n) is 5.02. The summed E-state index contributed by atoms with van der Waals surface area (Å²) < 4.78 is 4.52. The average Bonchev–Trinajstić information content (AvgIpc) is 3.06. The lowest BCUT2D eigenvalue weighted by Gasteiger charge is -2.45. The Morgan fingerprint density at radius 3 is 2.63 bits per heavy atom. The summed E-state index contributed by atoms with van der Waals surface area (Å²) in [5.41, 5.74) is 0.0150. The number of hydrogen-bond acceptors (Lipinski definition) is 5. The van der Waals surface area contributed by atoms with Crippen molar-refractivity contribution in [1.82, 2.24) is 0 Å². The van der Waals surface area contributed by atoms with Gasteiger partial charge in [0, 0.05) is 18.2 Å². The van der Waals surface area contributed by atoms with E-state index >= 15 is 0 Å². The number of ether oxygens (including phenoxy) is 1. The number of esters is 1. The van der Waals surface area contributed by atoms with E-state index in [1.54, 1.807) is 0 Å². The molecule has 0 aromatic heterocycles. The van der Waals surface area contributed by atoms with Gasteiger partial charge in [0.05, 0.1) is 13.2 Å². The SMILES string of the molecule is COC(=O)C(O)CCCCC[C@H]1C(=O)CC[C@@H]1C=C[C@@H](O)C1(CCCCCl)CCC1. The van der Waals surface area contributed by atoms with E-state index in [1.807, 2.05) is 6.08 Å². The van der Waals surface area contributed by atoms with Crippen molar-refractivity contribution >= 4 is 23.4 Å². The van der Waals surface area contributed by atoms with Crippen LogP contribution in [0.25, 0.3) is 0 Å². The minimum Gasteiger partial charge on any atom is -0.467 e. The van der Waals surface area contributed by atoms with E-state index in [4.69, 9.17) is 11.6 Å². The highest BCUT2D eigenvalue weighted by Gasteiger charge is 2.42. The number of Topliss-reactive ketones (excluding diaryl/α,β-unsaturated/α-hetero) is 1. The summed E-state index contributed by atoms with van der Waals surface area (Å²) in [6, 6.07) is 0. The number of ketones is 1. The molecule has 0 aromatic rings. The van der Waals surface area contributed by atoms with Crippen LogP contribution >= 0.6 is 11.6 Å². The second-order valence-electron chi connectivity index (χ2n) is 9.14. The lowest BCUT2D eigenvalue weighted by molar-refractivity contribution is -0.150. The predicted octanol–water partition coefficient (Wildman–Crippen LogP) is 4.56. The number of carbonyl (C=O) groups excluding carboxylic acids is 2. The van der Waals surface area contributed by atoms with Gasteiger partial charge in [0.1, 0.15) is 5.78 Å². The molecule has 2 saturated carbocycles. The third-order valence-electron chi connectivity index (χ3n) is 7.20. The summed E-state index contributed by atoms with van der Waals surface area (Å²) in [4.78, 5) is 23.6. The molecule has 0 heterocycles. The summed E-state index contributed by atoms with van der Waals surface area (Å²) in [7, 11) is 1.27. The molecular formula is C24H39ClO5. The molecule has 2 aliphatic rings. The number of allylic oxidation sites excluding steroid dienone is 1. The molecule has 2 aliphatic carbocycles. The summed E-state index contributed by atoms with van der Waals surface area (Å²) in [5, 5.41) is 20.5. The first-order valence-electron chi connectivity index (χ1n) is 11.6. The van der Waals surface area contributed by atoms with E-state index in [1.165, 1.54) is 13.5 Å². The highest BCUT2D eigenvalue weighted by Crippen LogP contribution is 2.48. The first-order valence-corrected chi connectivity index (χ1v) is 12.2. The maximum atomic E-state index is 12.4. The first-order chi connectivity index (χ1) is 14.4. The summed E-state index contributed by atoms with van der Waals surface area (Å²) >= 11 is 5.80. The normalized spacial score (nSPS) is 25.3. The molecule has 0 aliphatic heterocycles. The molecule has 0 aromatic carbocycles. The van der Waals surface area contributed by atoms with Crippen molar-refractivity contribution in [3.05, 3.63) is 12.2 Å². The van der Waals surface area contributed by atoms with Crippen LogP contribution in [-0.2, 0) is 14.3 Å². The molecule has 0 spiro atoms.